The van der Waals surface area contributed by atoms with Crippen LogP contribution in [0.2, 0.25) is 0 Å². The minimum absolute atomic E-state index is 0. The molecule has 0 saturated carbocycles. The zero-order valence-electron chi connectivity index (χ0n) is 19.4. The average Bonchev–Trinajstić information content (AvgIpc) is 3.29. The van der Waals surface area contributed by atoms with Crippen molar-refractivity contribution >= 4 is 18.2 Å². The summed E-state index contributed by atoms with van der Waals surface area (Å²) in [6.07, 6.45) is 5.77. The summed E-state index contributed by atoms with van der Waals surface area (Å²) in [6, 6.07) is 12.9. The Morgan fingerprint density at radius 1 is 1.09 bits per heavy atom. The van der Waals surface area contributed by atoms with Gasteiger partial charge in [0.2, 0.25) is 0 Å². The third-order valence-electron chi connectivity index (χ3n) is 6.35. The number of piperazine rings is 1. The standard InChI is InChI=1S/C25H31FN6O.ClH/c1-19-17-30(16-12-27-19)18-21-8-15-32(29-21)24-3-2-11-28-25(24)31-13-9-23(10-14-31)33-22-6-4-20(26)5-7-22;/h2-8,11,15,19,23,27H,9-10,12-14,16-18H2,1H3;1H/t19-;/m0./s1. The Balaban J connectivity index is 0.00000274. The van der Waals surface area contributed by atoms with E-state index in [2.05, 4.69) is 34.2 Å². The van der Waals surface area contributed by atoms with Gasteiger partial charge in [0.05, 0.1) is 5.69 Å². The van der Waals surface area contributed by atoms with Crippen molar-refractivity contribution in [2.45, 2.75) is 38.5 Å². The van der Waals surface area contributed by atoms with Crippen LogP contribution in [0, 0.1) is 5.82 Å². The number of halogens is 2. The predicted octanol–water partition coefficient (Wildman–Crippen LogP) is 3.67. The van der Waals surface area contributed by atoms with Crippen LogP contribution in [0.25, 0.3) is 5.69 Å². The van der Waals surface area contributed by atoms with Crippen molar-refractivity contribution in [2.75, 3.05) is 37.6 Å². The normalized spacial score (nSPS) is 19.6. The number of anilines is 1. The van der Waals surface area contributed by atoms with E-state index in [9.17, 15) is 4.39 Å². The topological polar surface area (TPSA) is 58.5 Å². The van der Waals surface area contributed by atoms with E-state index in [0.717, 1.165) is 75.1 Å². The Morgan fingerprint density at radius 2 is 1.88 bits per heavy atom. The Kier molecular flexibility index (Phi) is 8.03. The number of piperidine rings is 1. The quantitative estimate of drug-likeness (QED) is 0.573. The largest absolute Gasteiger partial charge is 0.490 e. The molecule has 9 heteroatoms. The van der Waals surface area contributed by atoms with Crippen molar-refractivity contribution < 1.29 is 9.13 Å². The maximum absolute atomic E-state index is 13.1. The summed E-state index contributed by atoms with van der Waals surface area (Å²) in [4.78, 5) is 9.45. The average molecular weight is 487 g/mol. The summed E-state index contributed by atoms with van der Waals surface area (Å²) >= 11 is 0. The number of hydrogen-bond acceptors (Lipinski definition) is 6. The highest BCUT2D eigenvalue weighted by Gasteiger charge is 2.24. The molecule has 2 saturated heterocycles. The number of pyridine rings is 1. The summed E-state index contributed by atoms with van der Waals surface area (Å²) in [5.74, 6) is 1.42. The van der Waals surface area contributed by atoms with Crippen LogP contribution in [0.1, 0.15) is 25.5 Å². The molecule has 1 N–H and O–H groups in total. The molecule has 2 fully saturated rings. The van der Waals surface area contributed by atoms with Crippen LogP contribution in [0.15, 0.2) is 54.9 Å². The molecule has 0 aliphatic carbocycles. The summed E-state index contributed by atoms with van der Waals surface area (Å²) < 4.78 is 21.1. The maximum atomic E-state index is 13.1. The molecule has 2 aromatic heterocycles. The second kappa shape index (κ2) is 11.2. The highest BCUT2D eigenvalue weighted by Crippen LogP contribution is 2.26. The van der Waals surface area contributed by atoms with Crippen LogP contribution >= 0.6 is 12.4 Å². The Morgan fingerprint density at radius 3 is 2.65 bits per heavy atom. The Hall–Kier alpha value is -2.68. The van der Waals surface area contributed by atoms with Gasteiger partial charge in [0.25, 0.3) is 0 Å². The SMILES string of the molecule is C[C@H]1CN(Cc2ccn(-c3cccnc3N3CCC(Oc4ccc(F)cc4)CC3)n2)CCN1.Cl. The molecular formula is C25H32ClFN6O. The fourth-order valence-corrected chi connectivity index (χ4v) is 4.67. The second-order valence-corrected chi connectivity index (χ2v) is 8.95. The Labute approximate surface area is 206 Å². The first-order chi connectivity index (χ1) is 16.1. The molecule has 0 bridgehead atoms. The van der Waals surface area contributed by atoms with Crippen molar-refractivity contribution in [3.8, 4) is 11.4 Å². The van der Waals surface area contributed by atoms with Crippen LogP contribution in [0.3, 0.4) is 0 Å². The Bertz CT molecular complexity index is 1050. The third-order valence-corrected chi connectivity index (χ3v) is 6.35. The zero-order chi connectivity index (χ0) is 22.6. The maximum Gasteiger partial charge on any atom is 0.154 e. The fourth-order valence-electron chi connectivity index (χ4n) is 4.67. The van der Waals surface area contributed by atoms with Gasteiger partial charge < -0.3 is 15.0 Å². The molecule has 3 aromatic rings. The highest BCUT2D eigenvalue weighted by atomic mass is 35.5. The van der Waals surface area contributed by atoms with Crippen molar-refractivity contribution in [1.82, 2.24) is 25.0 Å². The van der Waals surface area contributed by atoms with Gasteiger partial charge in [-0.05, 0) is 49.4 Å². The van der Waals surface area contributed by atoms with E-state index in [4.69, 9.17) is 14.8 Å². The number of nitrogens with zero attached hydrogens (tertiary/aromatic N) is 5. The van der Waals surface area contributed by atoms with E-state index in [1.807, 2.05) is 23.1 Å². The van der Waals surface area contributed by atoms with Gasteiger partial charge in [0.15, 0.2) is 5.82 Å². The molecule has 0 amide bonds. The number of hydrogen-bond donors (Lipinski definition) is 1. The zero-order valence-corrected chi connectivity index (χ0v) is 20.3. The van der Waals surface area contributed by atoms with Gasteiger partial charge in [-0.3, -0.25) is 4.90 Å². The first kappa shape index (κ1) is 24.4. The van der Waals surface area contributed by atoms with E-state index in [-0.39, 0.29) is 24.3 Å². The molecule has 2 aliphatic heterocycles. The molecule has 0 radical (unpaired) electrons. The van der Waals surface area contributed by atoms with E-state index >= 15 is 0 Å². The van der Waals surface area contributed by atoms with Crippen LogP contribution in [0.5, 0.6) is 5.75 Å². The van der Waals surface area contributed by atoms with E-state index in [1.54, 1.807) is 12.1 Å². The van der Waals surface area contributed by atoms with Gasteiger partial charge in [-0.2, -0.15) is 5.10 Å². The molecule has 0 unspecified atom stereocenters. The van der Waals surface area contributed by atoms with Crippen molar-refractivity contribution in [3.05, 3.63) is 66.4 Å². The highest BCUT2D eigenvalue weighted by molar-refractivity contribution is 5.85. The van der Waals surface area contributed by atoms with Gasteiger partial charge in [-0.1, -0.05) is 0 Å². The van der Waals surface area contributed by atoms with E-state index < -0.39 is 0 Å². The van der Waals surface area contributed by atoms with Crippen molar-refractivity contribution in [1.29, 1.82) is 0 Å². The smallest absolute Gasteiger partial charge is 0.154 e. The molecule has 0 spiro atoms. The van der Waals surface area contributed by atoms with Gasteiger partial charge >= 0.3 is 0 Å². The monoisotopic (exact) mass is 486 g/mol. The molecule has 1 aromatic carbocycles. The van der Waals surface area contributed by atoms with Gasteiger partial charge in [-0.25, -0.2) is 14.1 Å². The molecule has 7 nitrogen and oxygen atoms in total. The molecule has 2 aliphatic rings. The van der Waals surface area contributed by atoms with Gasteiger partial charge in [0, 0.05) is 70.5 Å². The number of aromatic nitrogens is 3. The minimum Gasteiger partial charge on any atom is -0.490 e. The molecule has 34 heavy (non-hydrogen) atoms. The number of nitrogens with one attached hydrogen (secondary N) is 1. The van der Waals surface area contributed by atoms with E-state index in [1.165, 1.54) is 12.1 Å². The van der Waals surface area contributed by atoms with Crippen molar-refractivity contribution in [3.63, 3.8) is 0 Å². The lowest BCUT2D eigenvalue weighted by Gasteiger charge is -2.33. The number of benzene rings is 1. The number of rotatable bonds is 6. The van der Waals surface area contributed by atoms with Crippen LogP contribution in [-0.2, 0) is 6.54 Å². The minimum atomic E-state index is -0.246. The lowest BCUT2D eigenvalue weighted by Crippen LogP contribution is -2.48. The first-order valence-electron chi connectivity index (χ1n) is 11.8. The molecule has 5 rings (SSSR count). The predicted molar refractivity (Wildman–Crippen MR) is 134 cm³/mol. The number of ether oxygens (including phenoxy) is 1. The molecule has 4 heterocycles. The molecule has 1 atom stereocenters. The summed E-state index contributed by atoms with van der Waals surface area (Å²) in [5.41, 5.74) is 2.07. The fraction of sp³-hybridized carbons (Fsp3) is 0.440. The first-order valence-corrected chi connectivity index (χ1v) is 11.8. The summed E-state index contributed by atoms with van der Waals surface area (Å²) in [6.45, 7) is 7.90. The lowest BCUT2D eigenvalue weighted by molar-refractivity contribution is 0.170. The van der Waals surface area contributed by atoms with Crippen LogP contribution in [-0.4, -0.2) is 64.5 Å². The lowest BCUT2D eigenvalue weighted by atomic mass is 10.1. The second-order valence-electron chi connectivity index (χ2n) is 8.95. The van der Waals surface area contributed by atoms with Gasteiger partial charge in [-0.15, -0.1) is 12.4 Å². The summed E-state index contributed by atoms with van der Waals surface area (Å²) in [5, 5.41) is 8.35. The van der Waals surface area contributed by atoms with Crippen LogP contribution in [0.4, 0.5) is 10.2 Å². The molecule has 182 valence electrons. The summed E-state index contributed by atoms with van der Waals surface area (Å²) in [7, 11) is 0. The van der Waals surface area contributed by atoms with Gasteiger partial charge in [0.1, 0.15) is 23.4 Å². The third kappa shape index (κ3) is 5.87. The van der Waals surface area contributed by atoms with Crippen LogP contribution < -0.4 is 15.0 Å². The van der Waals surface area contributed by atoms with E-state index in [0.29, 0.717) is 6.04 Å². The molecular weight excluding hydrogens is 455 g/mol. The van der Waals surface area contributed by atoms with Crippen molar-refractivity contribution in [2.24, 2.45) is 0 Å².